The summed E-state index contributed by atoms with van der Waals surface area (Å²) < 4.78 is 5.91. The van der Waals surface area contributed by atoms with Crippen molar-refractivity contribution < 1.29 is 4.74 Å². The van der Waals surface area contributed by atoms with Crippen LogP contribution in [0.2, 0.25) is 0 Å². The highest BCUT2D eigenvalue weighted by Gasteiger charge is 2.05. The van der Waals surface area contributed by atoms with Gasteiger partial charge >= 0.3 is 0 Å². The fraction of sp³-hybridized carbons (Fsp3) is 0.368. The zero-order valence-electron chi connectivity index (χ0n) is 12.9. The average molecular weight is 281 g/mol. The average Bonchev–Trinajstić information content (AvgIpc) is 2.53. The first-order valence-electron chi connectivity index (χ1n) is 7.62. The summed E-state index contributed by atoms with van der Waals surface area (Å²) >= 11 is 0. The largest absolute Gasteiger partial charge is 0.493 e. The maximum Gasteiger partial charge on any atom is 0.119 e. The van der Waals surface area contributed by atoms with E-state index < -0.39 is 0 Å². The number of hydrogen-bond donors (Lipinski definition) is 1. The van der Waals surface area contributed by atoms with Crippen LogP contribution in [-0.4, -0.2) is 13.2 Å². The third-order valence-electron chi connectivity index (χ3n) is 3.79. The second-order valence-corrected chi connectivity index (χ2v) is 5.22. The lowest BCUT2D eigenvalue weighted by Gasteiger charge is -2.14. The van der Waals surface area contributed by atoms with E-state index >= 15 is 0 Å². The van der Waals surface area contributed by atoms with E-state index in [1.165, 1.54) is 10.8 Å². The van der Waals surface area contributed by atoms with Crippen molar-refractivity contribution in [3.63, 3.8) is 0 Å². The third-order valence-corrected chi connectivity index (χ3v) is 3.79. The number of fused-ring (bicyclic) bond motifs is 1. The number of hydrogen-bond acceptors (Lipinski definition) is 2. The Bertz CT molecular complexity index is 647. The zero-order valence-corrected chi connectivity index (χ0v) is 12.9. The van der Waals surface area contributed by atoms with Crippen LogP contribution in [0.25, 0.3) is 10.8 Å². The molecule has 21 heavy (non-hydrogen) atoms. The maximum absolute atomic E-state index is 5.91. The smallest absolute Gasteiger partial charge is 0.119 e. The summed E-state index contributed by atoms with van der Waals surface area (Å²) in [5, 5.41) is 2.35. The lowest BCUT2D eigenvalue weighted by Crippen LogP contribution is -2.09. The quantitative estimate of drug-likeness (QED) is 0.842. The molecule has 0 fully saturated rings. The second kappa shape index (κ2) is 7.71. The first kappa shape index (κ1) is 15.4. The van der Waals surface area contributed by atoms with E-state index in [0.717, 1.165) is 30.8 Å². The molecule has 2 aromatic rings. The van der Waals surface area contributed by atoms with Crippen molar-refractivity contribution in [3.05, 3.63) is 42.0 Å². The van der Waals surface area contributed by atoms with E-state index in [0.29, 0.717) is 12.5 Å². The predicted octanol–water partition coefficient (Wildman–Crippen LogP) is 3.97. The van der Waals surface area contributed by atoms with E-state index in [-0.39, 0.29) is 0 Å². The van der Waals surface area contributed by atoms with Crippen molar-refractivity contribution in [1.29, 1.82) is 0 Å². The Morgan fingerprint density at radius 3 is 2.48 bits per heavy atom. The lowest BCUT2D eigenvalue weighted by molar-refractivity contribution is 0.241. The summed E-state index contributed by atoms with van der Waals surface area (Å²) in [6.07, 6.45) is 2.32. The van der Waals surface area contributed by atoms with Crippen molar-refractivity contribution in [1.82, 2.24) is 0 Å². The fourth-order valence-electron chi connectivity index (χ4n) is 2.28. The van der Waals surface area contributed by atoms with E-state index in [1.807, 2.05) is 12.1 Å². The molecular formula is C19H23NO. The molecule has 0 saturated carbocycles. The molecule has 0 unspecified atom stereocenters. The van der Waals surface area contributed by atoms with Gasteiger partial charge in [0.05, 0.1) is 13.2 Å². The summed E-state index contributed by atoms with van der Waals surface area (Å²) in [4.78, 5) is 0. The summed E-state index contributed by atoms with van der Waals surface area (Å²) in [5.74, 6) is 7.51. The minimum Gasteiger partial charge on any atom is -0.493 e. The lowest BCUT2D eigenvalue weighted by atomic mass is 10.1. The van der Waals surface area contributed by atoms with Gasteiger partial charge in [-0.25, -0.2) is 0 Å². The van der Waals surface area contributed by atoms with E-state index in [2.05, 4.69) is 50.0 Å². The molecule has 0 amide bonds. The SMILES string of the molecule is CCC(CC)COc1ccc2cc(C#CCN)ccc2c1. The maximum atomic E-state index is 5.91. The van der Waals surface area contributed by atoms with Gasteiger partial charge in [0.1, 0.15) is 5.75 Å². The van der Waals surface area contributed by atoms with Gasteiger partial charge in [-0.05, 0) is 41.0 Å². The van der Waals surface area contributed by atoms with E-state index in [9.17, 15) is 0 Å². The predicted molar refractivity (Wildman–Crippen MR) is 89.4 cm³/mol. The molecule has 110 valence electrons. The normalized spacial score (nSPS) is 10.5. The standard InChI is InChI=1S/C19H23NO/c1-3-15(4-2)14-21-19-10-9-17-12-16(6-5-11-20)7-8-18(17)13-19/h7-10,12-13,15H,3-4,11,14,20H2,1-2H3. The molecule has 0 aliphatic rings. The first-order valence-corrected chi connectivity index (χ1v) is 7.62. The van der Waals surface area contributed by atoms with E-state index in [1.54, 1.807) is 0 Å². The number of benzene rings is 2. The number of nitrogens with two attached hydrogens (primary N) is 1. The van der Waals surface area contributed by atoms with Gasteiger partial charge in [-0.3, -0.25) is 0 Å². The molecule has 0 aliphatic heterocycles. The Kier molecular flexibility index (Phi) is 5.66. The molecule has 0 aromatic heterocycles. The van der Waals surface area contributed by atoms with Crippen molar-refractivity contribution in [3.8, 4) is 17.6 Å². The number of ether oxygens (including phenoxy) is 1. The molecule has 0 heterocycles. The summed E-state index contributed by atoms with van der Waals surface area (Å²) in [6, 6.07) is 12.4. The molecule has 2 heteroatoms. The first-order chi connectivity index (χ1) is 10.3. The van der Waals surface area contributed by atoms with Crippen LogP contribution in [0.3, 0.4) is 0 Å². The Morgan fingerprint density at radius 1 is 1.05 bits per heavy atom. The van der Waals surface area contributed by atoms with Crippen LogP contribution in [0.5, 0.6) is 5.75 Å². The molecule has 2 N–H and O–H groups in total. The van der Waals surface area contributed by atoms with Crippen LogP contribution in [0.4, 0.5) is 0 Å². The Hall–Kier alpha value is -1.98. The van der Waals surface area contributed by atoms with Gasteiger partial charge in [-0.15, -0.1) is 0 Å². The Labute approximate surface area is 127 Å². The summed E-state index contributed by atoms with van der Waals surface area (Å²) in [5.41, 5.74) is 6.40. The van der Waals surface area contributed by atoms with Gasteiger partial charge < -0.3 is 10.5 Å². The van der Waals surface area contributed by atoms with Crippen molar-refractivity contribution in [2.45, 2.75) is 26.7 Å². The van der Waals surface area contributed by atoms with Crippen LogP contribution in [0, 0.1) is 17.8 Å². The molecule has 0 bridgehead atoms. The monoisotopic (exact) mass is 281 g/mol. The summed E-state index contributed by atoms with van der Waals surface area (Å²) in [6.45, 7) is 5.60. The Balaban J connectivity index is 2.15. The topological polar surface area (TPSA) is 35.2 Å². The molecule has 0 radical (unpaired) electrons. The molecule has 0 atom stereocenters. The highest BCUT2D eigenvalue weighted by Crippen LogP contribution is 2.23. The van der Waals surface area contributed by atoms with Crippen LogP contribution < -0.4 is 10.5 Å². The molecule has 2 rings (SSSR count). The molecule has 2 aromatic carbocycles. The fourth-order valence-corrected chi connectivity index (χ4v) is 2.28. The minimum atomic E-state index is 0.390. The summed E-state index contributed by atoms with van der Waals surface area (Å²) in [7, 11) is 0. The van der Waals surface area contributed by atoms with Crippen molar-refractivity contribution in [2.24, 2.45) is 11.7 Å². The van der Waals surface area contributed by atoms with Gasteiger partial charge in [0.25, 0.3) is 0 Å². The third kappa shape index (κ3) is 4.24. The van der Waals surface area contributed by atoms with Gasteiger partial charge in [0, 0.05) is 5.56 Å². The highest BCUT2D eigenvalue weighted by molar-refractivity contribution is 5.85. The van der Waals surface area contributed by atoms with Crippen molar-refractivity contribution >= 4 is 10.8 Å². The van der Waals surface area contributed by atoms with E-state index in [4.69, 9.17) is 10.5 Å². The second-order valence-electron chi connectivity index (χ2n) is 5.22. The highest BCUT2D eigenvalue weighted by atomic mass is 16.5. The van der Waals surface area contributed by atoms with Gasteiger partial charge in [-0.1, -0.05) is 50.7 Å². The van der Waals surface area contributed by atoms with Gasteiger partial charge in [0.2, 0.25) is 0 Å². The molecule has 0 aliphatic carbocycles. The molecule has 0 saturated heterocycles. The van der Waals surface area contributed by atoms with Crippen LogP contribution in [0.15, 0.2) is 36.4 Å². The molecule has 0 spiro atoms. The number of rotatable bonds is 5. The van der Waals surface area contributed by atoms with Crippen LogP contribution in [-0.2, 0) is 0 Å². The van der Waals surface area contributed by atoms with Crippen molar-refractivity contribution in [2.75, 3.05) is 13.2 Å². The molecular weight excluding hydrogens is 258 g/mol. The van der Waals surface area contributed by atoms with Gasteiger partial charge in [0.15, 0.2) is 0 Å². The zero-order chi connectivity index (χ0) is 15.1. The van der Waals surface area contributed by atoms with Crippen LogP contribution in [0.1, 0.15) is 32.3 Å². The van der Waals surface area contributed by atoms with Crippen LogP contribution >= 0.6 is 0 Å². The molecule has 2 nitrogen and oxygen atoms in total. The Morgan fingerprint density at radius 2 is 1.76 bits per heavy atom. The van der Waals surface area contributed by atoms with Gasteiger partial charge in [-0.2, -0.15) is 0 Å². The minimum absolute atomic E-state index is 0.390.